The van der Waals surface area contributed by atoms with Crippen molar-refractivity contribution in [1.29, 1.82) is 0 Å². The molecule has 0 saturated carbocycles. The first-order chi connectivity index (χ1) is 9.88. The van der Waals surface area contributed by atoms with Crippen LogP contribution in [-0.4, -0.2) is 10.7 Å². The zero-order valence-corrected chi connectivity index (χ0v) is 13.0. The quantitative estimate of drug-likeness (QED) is 0.457. The molecule has 0 saturated heterocycles. The molecule has 2 aromatic carbocycles. The van der Waals surface area contributed by atoms with Gasteiger partial charge in [0.25, 0.3) is 5.69 Å². The summed E-state index contributed by atoms with van der Waals surface area (Å²) in [5.41, 5.74) is 1.31. The Labute approximate surface area is 129 Å². The molecule has 0 N–H and O–H groups in total. The van der Waals surface area contributed by atoms with E-state index < -0.39 is 4.92 Å². The molecule has 0 unspecified atom stereocenters. The fourth-order valence-electron chi connectivity index (χ4n) is 1.78. The molecule has 0 fully saturated rings. The third kappa shape index (κ3) is 3.46. The summed E-state index contributed by atoms with van der Waals surface area (Å²) in [5, 5.41) is 10.8. The summed E-state index contributed by atoms with van der Waals surface area (Å²) in [4.78, 5) is 21.7. The summed E-state index contributed by atoms with van der Waals surface area (Å²) in [7, 11) is 0. The predicted molar refractivity (Wildman–Crippen MR) is 82.1 cm³/mol. The van der Waals surface area contributed by atoms with Gasteiger partial charge in [-0.25, -0.2) is 0 Å². The standard InChI is InChI=1S/C15H12BrNO4/c1-9-3-4-11(17(19)20)7-15(9)21-12-5-6-13(10(2)18)14(16)8-12/h3-8H,1-2H3. The van der Waals surface area contributed by atoms with E-state index in [1.807, 2.05) is 0 Å². The van der Waals surface area contributed by atoms with Crippen molar-refractivity contribution in [2.45, 2.75) is 13.8 Å². The molecule has 0 aromatic heterocycles. The van der Waals surface area contributed by atoms with Crippen LogP contribution in [-0.2, 0) is 0 Å². The van der Waals surface area contributed by atoms with E-state index in [4.69, 9.17) is 4.74 Å². The number of hydrogen-bond donors (Lipinski definition) is 0. The molecular formula is C15H12BrNO4. The number of aryl methyl sites for hydroxylation is 1. The van der Waals surface area contributed by atoms with E-state index in [1.54, 1.807) is 31.2 Å². The molecule has 0 heterocycles. The summed E-state index contributed by atoms with van der Waals surface area (Å²) in [6, 6.07) is 9.40. The lowest BCUT2D eigenvalue weighted by Gasteiger charge is -2.10. The molecule has 21 heavy (non-hydrogen) atoms. The van der Waals surface area contributed by atoms with Gasteiger partial charge in [0.15, 0.2) is 5.78 Å². The largest absolute Gasteiger partial charge is 0.457 e. The van der Waals surface area contributed by atoms with Crippen LogP contribution < -0.4 is 4.74 Å². The number of ketones is 1. The molecule has 108 valence electrons. The first-order valence-corrected chi connectivity index (χ1v) is 6.91. The molecular weight excluding hydrogens is 338 g/mol. The highest BCUT2D eigenvalue weighted by Crippen LogP contribution is 2.31. The van der Waals surface area contributed by atoms with Gasteiger partial charge in [-0.05, 0) is 59.6 Å². The maximum atomic E-state index is 11.4. The molecule has 0 aliphatic heterocycles. The minimum absolute atomic E-state index is 0.0324. The second-order valence-corrected chi connectivity index (χ2v) is 5.36. The number of Topliss-reactive ketones (excluding diaryl/α,β-unsaturated/α-hetero) is 1. The molecule has 0 bridgehead atoms. The molecule has 0 atom stereocenters. The van der Waals surface area contributed by atoms with Crippen LogP contribution in [0.4, 0.5) is 5.69 Å². The van der Waals surface area contributed by atoms with Crippen molar-refractivity contribution < 1.29 is 14.5 Å². The predicted octanol–water partition coefficient (Wildman–Crippen LogP) is 4.66. The molecule has 0 radical (unpaired) electrons. The van der Waals surface area contributed by atoms with Crippen LogP contribution in [0.3, 0.4) is 0 Å². The van der Waals surface area contributed by atoms with Gasteiger partial charge in [0.05, 0.1) is 11.0 Å². The number of carbonyl (C=O) groups excluding carboxylic acids is 1. The number of halogens is 1. The number of nitrogens with zero attached hydrogens (tertiary/aromatic N) is 1. The first kappa shape index (κ1) is 15.2. The van der Waals surface area contributed by atoms with E-state index in [0.29, 0.717) is 21.5 Å². The highest BCUT2D eigenvalue weighted by atomic mass is 79.9. The topological polar surface area (TPSA) is 69.4 Å². The fraction of sp³-hybridized carbons (Fsp3) is 0.133. The van der Waals surface area contributed by atoms with Crippen molar-refractivity contribution in [2.75, 3.05) is 0 Å². The third-order valence-electron chi connectivity index (χ3n) is 2.93. The second kappa shape index (κ2) is 6.05. The van der Waals surface area contributed by atoms with Crippen molar-refractivity contribution >= 4 is 27.4 Å². The smallest absolute Gasteiger partial charge is 0.273 e. The molecule has 0 aliphatic carbocycles. The van der Waals surface area contributed by atoms with Gasteiger partial charge in [-0.3, -0.25) is 14.9 Å². The lowest BCUT2D eigenvalue weighted by Crippen LogP contribution is -1.95. The summed E-state index contributed by atoms with van der Waals surface area (Å²) in [5.74, 6) is 0.849. The van der Waals surface area contributed by atoms with Gasteiger partial charge < -0.3 is 4.74 Å². The van der Waals surface area contributed by atoms with Crippen molar-refractivity contribution in [3.63, 3.8) is 0 Å². The maximum absolute atomic E-state index is 11.4. The van der Waals surface area contributed by atoms with Crippen molar-refractivity contribution in [1.82, 2.24) is 0 Å². The number of hydrogen-bond acceptors (Lipinski definition) is 4. The normalized spacial score (nSPS) is 10.2. The highest BCUT2D eigenvalue weighted by Gasteiger charge is 2.12. The van der Waals surface area contributed by atoms with E-state index in [1.165, 1.54) is 19.1 Å². The number of benzene rings is 2. The van der Waals surface area contributed by atoms with Crippen LogP contribution in [0.2, 0.25) is 0 Å². The van der Waals surface area contributed by atoms with Crippen LogP contribution in [0.1, 0.15) is 22.8 Å². The summed E-state index contributed by atoms with van der Waals surface area (Å²) >= 11 is 3.31. The molecule has 0 spiro atoms. The van der Waals surface area contributed by atoms with E-state index in [2.05, 4.69) is 15.9 Å². The number of ether oxygens (including phenoxy) is 1. The van der Waals surface area contributed by atoms with Crippen molar-refractivity contribution in [3.05, 3.63) is 62.1 Å². The van der Waals surface area contributed by atoms with E-state index >= 15 is 0 Å². The van der Waals surface area contributed by atoms with Gasteiger partial charge in [0.1, 0.15) is 11.5 Å². The third-order valence-corrected chi connectivity index (χ3v) is 3.59. The first-order valence-electron chi connectivity index (χ1n) is 6.12. The van der Waals surface area contributed by atoms with E-state index in [0.717, 1.165) is 5.56 Å². The van der Waals surface area contributed by atoms with Gasteiger partial charge in [0, 0.05) is 16.1 Å². The molecule has 0 aliphatic rings. The minimum Gasteiger partial charge on any atom is -0.457 e. The fourth-order valence-corrected chi connectivity index (χ4v) is 2.42. The van der Waals surface area contributed by atoms with Crippen LogP contribution in [0.5, 0.6) is 11.5 Å². The van der Waals surface area contributed by atoms with Gasteiger partial charge in [-0.2, -0.15) is 0 Å². The van der Waals surface area contributed by atoms with Crippen molar-refractivity contribution in [3.8, 4) is 11.5 Å². The van der Waals surface area contributed by atoms with Crippen LogP contribution >= 0.6 is 15.9 Å². The Morgan fingerprint density at radius 2 is 1.95 bits per heavy atom. The number of rotatable bonds is 4. The average Bonchev–Trinajstić information content (AvgIpc) is 2.40. The summed E-state index contributed by atoms with van der Waals surface area (Å²) < 4.78 is 6.29. The maximum Gasteiger partial charge on any atom is 0.273 e. The molecule has 5 nitrogen and oxygen atoms in total. The lowest BCUT2D eigenvalue weighted by molar-refractivity contribution is -0.384. The summed E-state index contributed by atoms with van der Waals surface area (Å²) in [6.07, 6.45) is 0. The van der Waals surface area contributed by atoms with Gasteiger partial charge in [-0.15, -0.1) is 0 Å². The highest BCUT2D eigenvalue weighted by molar-refractivity contribution is 9.10. The van der Waals surface area contributed by atoms with E-state index in [9.17, 15) is 14.9 Å². The Balaban J connectivity index is 2.34. The van der Waals surface area contributed by atoms with Crippen LogP contribution in [0.15, 0.2) is 40.9 Å². The zero-order chi connectivity index (χ0) is 15.6. The minimum atomic E-state index is -0.471. The Morgan fingerprint density at radius 1 is 1.24 bits per heavy atom. The summed E-state index contributed by atoms with van der Waals surface area (Å²) in [6.45, 7) is 3.28. The SMILES string of the molecule is CC(=O)c1ccc(Oc2cc([N+](=O)[O-])ccc2C)cc1Br. The average molecular weight is 350 g/mol. The zero-order valence-electron chi connectivity index (χ0n) is 11.4. The van der Waals surface area contributed by atoms with Gasteiger partial charge in [-0.1, -0.05) is 0 Å². The van der Waals surface area contributed by atoms with Crippen LogP contribution in [0.25, 0.3) is 0 Å². The molecule has 0 amide bonds. The van der Waals surface area contributed by atoms with Gasteiger partial charge in [0.2, 0.25) is 0 Å². The molecule has 2 rings (SSSR count). The van der Waals surface area contributed by atoms with Crippen LogP contribution in [0, 0.1) is 17.0 Å². The van der Waals surface area contributed by atoms with E-state index in [-0.39, 0.29) is 11.5 Å². The monoisotopic (exact) mass is 349 g/mol. The number of nitro groups is 1. The Bertz CT molecular complexity index is 728. The number of non-ortho nitro benzene ring substituents is 1. The van der Waals surface area contributed by atoms with Crippen molar-refractivity contribution in [2.24, 2.45) is 0 Å². The lowest BCUT2D eigenvalue weighted by atomic mass is 10.1. The second-order valence-electron chi connectivity index (χ2n) is 4.51. The number of carbonyl (C=O) groups is 1. The molecule has 6 heteroatoms. The Hall–Kier alpha value is -2.21. The Morgan fingerprint density at radius 3 is 2.52 bits per heavy atom. The Kier molecular flexibility index (Phi) is 4.37. The molecule has 2 aromatic rings. The van der Waals surface area contributed by atoms with Gasteiger partial charge >= 0.3 is 0 Å². The number of nitro benzene ring substituents is 1.